The average molecular weight is 1410 g/mol. The van der Waals surface area contributed by atoms with Crippen molar-refractivity contribution in [3.8, 4) is 102 Å². The fourth-order valence-corrected chi connectivity index (χ4v) is 17.1. The van der Waals surface area contributed by atoms with Crippen LogP contribution in [0.3, 0.4) is 0 Å². The first-order valence-corrected chi connectivity index (χ1v) is 37.4. The van der Waals surface area contributed by atoms with Gasteiger partial charge in [-0.15, -0.1) is 0 Å². The smallest absolute Gasteiger partial charge is 0.178 e. The van der Waals surface area contributed by atoms with Crippen molar-refractivity contribution < 1.29 is 18.9 Å². The lowest BCUT2D eigenvalue weighted by atomic mass is 9.67. The lowest BCUT2D eigenvalue weighted by molar-refractivity contribution is 0.360. The molecule has 0 spiro atoms. The molecule has 110 heavy (non-hydrogen) atoms. The van der Waals surface area contributed by atoms with E-state index in [0.29, 0.717) is 0 Å². The minimum atomic E-state index is -0.611. The van der Waals surface area contributed by atoms with Gasteiger partial charge in [-0.05, 0) is 198 Å². The summed E-state index contributed by atoms with van der Waals surface area (Å²) in [6.07, 6.45) is 0. The van der Waals surface area contributed by atoms with Crippen LogP contribution < -0.4 is 28.7 Å². The molecule has 0 bridgehead atoms. The van der Waals surface area contributed by atoms with Crippen molar-refractivity contribution in [3.63, 3.8) is 0 Å². The van der Waals surface area contributed by atoms with E-state index in [1.165, 1.54) is 77.9 Å². The van der Waals surface area contributed by atoms with Crippen LogP contribution in [0.5, 0.6) is 46.0 Å². The van der Waals surface area contributed by atoms with Crippen molar-refractivity contribution in [3.05, 3.63) is 469 Å². The molecule has 17 aromatic carbocycles. The number of rotatable bonds is 13. The number of hydrogen-bond acceptors (Lipinski definition) is 6. The predicted molar refractivity (Wildman–Crippen MR) is 446 cm³/mol. The van der Waals surface area contributed by atoms with E-state index < -0.39 is 10.8 Å². The molecule has 520 valence electrons. The first-order chi connectivity index (χ1) is 54.5. The quantitative estimate of drug-likeness (QED) is 0.115. The summed E-state index contributed by atoms with van der Waals surface area (Å²) in [5.74, 6) is 5.84. The van der Waals surface area contributed by atoms with E-state index in [9.17, 15) is 0 Å². The Balaban J connectivity index is 0.000000145. The van der Waals surface area contributed by atoms with Gasteiger partial charge in [0.05, 0.1) is 10.8 Å². The van der Waals surface area contributed by atoms with Gasteiger partial charge in [-0.1, -0.05) is 315 Å². The number of fused-ring (bicyclic) bond motifs is 12. The van der Waals surface area contributed by atoms with Crippen LogP contribution in [0.25, 0.3) is 55.6 Å². The molecule has 2 aliphatic carbocycles. The molecular weight excluding hydrogens is 1340 g/mol. The fourth-order valence-electron chi connectivity index (χ4n) is 17.1. The van der Waals surface area contributed by atoms with E-state index in [0.717, 1.165) is 102 Å². The van der Waals surface area contributed by atoms with Crippen molar-refractivity contribution >= 4 is 34.1 Å². The summed E-state index contributed by atoms with van der Waals surface area (Å²) in [5, 5.41) is 0. The molecule has 0 saturated carbocycles. The highest BCUT2D eigenvalue weighted by molar-refractivity contribution is 5.95. The topological polar surface area (TPSA) is 43.4 Å². The van der Waals surface area contributed by atoms with Gasteiger partial charge in [0.25, 0.3) is 0 Å². The molecule has 0 amide bonds. The molecule has 2 aliphatic heterocycles. The standard InChI is InChI=1S/C55H37NO2.C49H33NO2/c1-4-14-38(15-5-1)40-24-30-44(31-25-40)56(45-32-26-41(27-33-45)39-16-6-2-7-17-39)46-34-28-43(29-35-46)55(42-18-8-3-9-19-42)48-21-11-10-20-47(48)53-49(55)36-37-52-54(53)58-51-23-13-12-22-50(51)57-52;1-4-14-34(15-5-1)35-24-28-39(29-25-35)50(38-18-8-3-9-19-38)40-30-26-37(27-31-40)49(36-16-6-2-7-17-36)42-21-11-10-20-41(42)47-43(49)32-33-46-48(47)52-45-23-13-12-22-44(45)51-46/h1-37H;1-33H. The SMILES string of the molecule is c1ccc(-c2ccc(N(c3ccc(-c4ccccc4)cc3)c3ccc(C4(c5ccccc5)c5ccccc5-c5c4ccc4c5Oc5ccccc5O4)cc3)cc2)cc1.c1ccc(-c2ccc(N(c3ccccc3)c3ccc(C4(c5ccccc5)c5ccccc5-c5c4ccc4c5Oc5ccccc5O4)cc3)cc2)cc1. The van der Waals surface area contributed by atoms with Crippen LogP contribution in [0.2, 0.25) is 0 Å². The predicted octanol–water partition coefficient (Wildman–Crippen LogP) is 27.8. The van der Waals surface area contributed by atoms with Crippen LogP contribution in [-0.4, -0.2) is 0 Å². The van der Waals surface area contributed by atoms with Crippen LogP contribution in [0.1, 0.15) is 44.5 Å². The first-order valence-electron chi connectivity index (χ1n) is 37.4. The van der Waals surface area contributed by atoms with Gasteiger partial charge in [0, 0.05) is 45.3 Å². The van der Waals surface area contributed by atoms with E-state index >= 15 is 0 Å². The highest BCUT2D eigenvalue weighted by Crippen LogP contribution is 2.65. The van der Waals surface area contributed by atoms with Crippen molar-refractivity contribution in [2.75, 3.05) is 9.80 Å². The second-order valence-corrected chi connectivity index (χ2v) is 28.1. The van der Waals surface area contributed by atoms with E-state index in [-0.39, 0.29) is 0 Å². The largest absolute Gasteiger partial charge is 0.449 e. The van der Waals surface area contributed by atoms with Gasteiger partial charge in [-0.3, -0.25) is 0 Å². The molecule has 0 aromatic heterocycles. The normalized spacial score (nSPS) is 14.7. The Hall–Kier alpha value is -14.5. The summed E-state index contributed by atoms with van der Waals surface area (Å²) in [6, 6.07) is 151. The molecule has 21 rings (SSSR count). The summed E-state index contributed by atoms with van der Waals surface area (Å²) in [7, 11) is 0. The van der Waals surface area contributed by atoms with Crippen LogP contribution in [0.4, 0.5) is 34.1 Å². The Morgan fingerprint density at radius 2 is 0.409 bits per heavy atom. The molecule has 4 aliphatic rings. The highest BCUT2D eigenvalue weighted by atomic mass is 16.6. The summed E-state index contributed by atoms with van der Waals surface area (Å²) < 4.78 is 26.3. The van der Waals surface area contributed by atoms with Crippen LogP contribution in [0, 0.1) is 0 Å². The Labute approximate surface area is 640 Å². The summed E-state index contributed by atoms with van der Waals surface area (Å²) >= 11 is 0. The Morgan fingerprint density at radius 3 is 0.745 bits per heavy atom. The molecule has 2 heterocycles. The summed E-state index contributed by atoms with van der Waals surface area (Å²) in [4.78, 5) is 4.67. The maximum Gasteiger partial charge on any atom is 0.178 e. The van der Waals surface area contributed by atoms with E-state index in [4.69, 9.17) is 18.9 Å². The van der Waals surface area contributed by atoms with Gasteiger partial charge >= 0.3 is 0 Å². The maximum absolute atomic E-state index is 6.73. The lowest BCUT2D eigenvalue weighted by Gasteiger charge is -2.35. The molecule has 6 heteroatoms. The first kappa shape index (κ1) is 65.1. The van der Waals surface area contributed by atoms with Crippen molar-refractivity contribution in [2.24, 2.45) is 0 Å². The molecule has 2 unspecified atom stereocenters. The zero-order valence-corrected chi connectivity index (χ0v) is 59.9. The monoisotopic (exact) mass is 1410 g/mol. The second kappa shape index (κ2) is 27.5. The van der Waals surface area contributed by atoms with Crippen molar-refractivity contribution in [2.45, 2.75) is 10.8 Å². The van der Waals surface area contributed by atoms with Crippen LogP contribution in [0.15, 0.2) is 425 Å². The number of nitrogens with zero attached hydrogens (tertiary/aromatic N) is 2. The van der Waals surface area contributed by atoms with Crippen molar-refractivity contribution in [1.29, 1.82) is 0 Å². The third kappa shape index (κ3) is 11.0. The van der Waals surface area contributed by atoms with Crippen LogP contribution in [-0.2, 0) is 10.8 Å². The molecular formula is C104H70N2O4. The van der Waals surface area contributed by atoms with Gasteiger partial charge in [-0.2, -0.15) is 0 Å². The number of hydrogen-bond donors (Lipinski definition) is 0. The van der Waals surface area contributed by atoms with Gasteiger partial charge in [0.15, 0.2) is 46.0 Å². The minimum Gasteiger partial charge on any atom is -0.449 e. The lowest BCUT2D eigenvalue weighted by Crippen LogP contribution is -2.28. The fraction of sp³-hybridized carbons (Fsp3) is 0.0192. The Bertz CT molecular complexity index is 6140. The number of ether oxygens (including phenoxy) is 4. The van der Waals surface area contributed by atoms with Gasteiger partial charge in [0.2, 0.25) is 0 Å². The second-order valence-electron chi connectivity index (χ2n) is 28.1. The van der Waals surface area contributed by atoms with E-state index in [1.807, 2.05) is 48.5 Å². The molecule has 2 atom stereocenters. The minimum absolute atomic E-state index is 0.587. The third-order valence-electron chi connectivity index (χ3n) is 22.1. The van der Waals surface area contributed by atoms with Gasteiger partial charge in [0.1, 0.15) is 0 Å². The van der Waals surface area contributed by atoms with Crippen molar-refractivity contribution in [1.82, 2.24) is 0 Å². The number of anilines is 6. The highest BCUT2D eigenvalue weighted by Gasteiger charge is 2.50. The van der Waals surface area contributed by atoms with Gasteiger partial charge in [-0.25, -0.2) is 0 Å². The molecule has 0 fully saturated rings. The van der Waals surface area contributed by atoms with Gasteiger partial charge < -0.3 is 28.7 Å². The average Bonchev–Trinajstić information content (AvgIpc) is 1.53. The van der Waals surface area contributed by atoms with E-state index in [2.05, 4.69) is 386 Å². The van der Waals surface area contributed by atoms with Crippen LogP contribution >= 0.6 is 0 Å². The molecule has 17 aromatic rings. The number of benzene rings is 17. The molecule has 0 saturated heterocycles. The molecule has 6 nitrogen and oxygen atoms in total. The summed E-state index contributed by atoms with van der Waals surface area (Å²) in [5.41, 5.74) is 26.4. The molecule has 0 radical (unpaired) electrons. The maximum atomic E-state index is 6.73. The summed E-state index contributed by atoms with van der Waals surface area (Å²) in [6.45, 7) is 0. The zero-order chi connectivity index (χ0) is 73.0. The molecule has 0 N–H and O–H groups in total. The number of para-hydroxylation sites is 5. The Kier molecular flexibility index (Phi) is 16.3. The Morgan fingerprint density at radius 1 is 0.164 bits per heavy atom. The zero-order valence-electron chi connectivity index (χ0n) is 59.9. The van der Waals surface area contributed by atoms with E-state index in [1.54, 1.807) is 0 Å². The third-order valence-corrected chi connectivity index (χ3v) is 22.1.